The molecule has 29 heavy (non-hydrogen) atoms. The third kappa shape index (κ3) is 3.77. The minimum absolute atomic E-state index is 0.0207. The van der Waals surface area contributed by atoms with Crippen LogP contribution in [0.2, 0.25) is 20.1 Å². The van der Waals surface area contributed by atoms with E-state index >= 15 is 0 Å². The third-order valence-corrected chi connectivity index (χ3v) is 7.04. The highest BCUT2D eigenvalue weighted by Gasteiger charge is 2.52. The molecule has 3 aromatic carbocycles. The van der Waals surface area contributed by atoms with E-state index in [9.17, 15) is 23.2 Å². The Kier molecular flexibility index (Phi) is 5.98. The van der Waals surface area contributed by atoms with Gasteiger partial charge in [0.05, 0.1) is 10.0 Å². The second kappa shape index (κ2) is 7.87. The molecule has 10 heteroatoms. The predicted octanol–water partition coefficient (Wildman–Crippen LogP) is 5.89. The van der Waals surface area contributed by atoms with Gasteiger partial charge in [0.2, 0.25) is 0 Å². The van der Waals surface area contributed by atoms with Gasteiger partial charge in [-0.3, -0.25) is 4.55 Å². The van der Waals surface area contributed by atoms with Gasteiger partial charge in [-0.2, -0.15) is 8.42 Å². The lowest BCUT2D eigenvalue weighted by Gasteiger charge is -2.34. The van der Waals surface area contributed by atoms with Gasteiger partial charge in [0.25, 0.3) is 10.1 Å². The summed E-state index contributed by atoms with van der Waals surface area (Å²) in [6.45, 7) is 0. The molecular formula is C19H12Cl4O5S. The Labute approximate surface area is 186 Å². The molecule has 0 bridgehead atoms. The molecule has 0 heterocycles. The first-order valence-corrected chi connectivity index (χ1v) is 10.8. The van der Waals surface area contributed by atoms with Gasteiger partial charge in [-0.1, -0.05) is 58.5 Å². The Hall–Kier alpha value is -1.67. The van der Waals surface area contributed by atoms with E-state index in [4.69, 9.17) is 46.4 Å². The molecule has 1 unspecified atom stereocenters. The van der Waals surface area contributed by atoms with Crippen molar-refractivity contribution >= 4 is 56.5 Å². The van der Waals surface area contributed by atoms with Gasteiger partial charge >= 0.3 is 0 Å². The van der Waals surface area contributed by atoms with Crippen LogP contribution in [0.4, 0.5) is 0 Å². The van der Waals surface area contributed by atoms with Gasteiger partial charge < -0.3 is 10.2 Å². The SMILES string of the molecule is O=S(=O)(O)C(c1cccc(Cl)c1)(c1cc(O)cc(Cl)c1)c1c(O)ccc(Cl)c1Cl. The van der Waals surface area contributed by atoms with E-state index in [0.29, 0.717) is 0 Å². The van der Waals surface area contributed by atoms with E-state index in [1.54, 1.807) is 0 Å². The monoisotopic (exact) mass is 492 g/mol. The minimum atomic E-state index is -5.13. The molecule has 0 aromatic heterocycles. The van der Waals surface area contributed by atoms with Crippen molar-refractivity contribution in [3.8, 4) is 11.5 Å². The topological polar surface area (TPSA) is 94.8 Å². The lowest BCUT2D eigenvalue weighted by Crippen LogP contribution is -2.38. The van der Waals surface area contributed by atoms with Crippen LogP contribution in [0.5, 0.6) is 11.5 Å². The fourth-order valence-electron chi connectivity index (χ4n) is 3.24. The molecule has 0 spiro atoms. The molecule has 0 amide bonds. The fraction of sp³-hybridized carbons (Fsp3) is 0.0526. The summed E-state index contributed by atoms with van der Waals surface area (Å²) in [5.41, 5.74) is -0.668. The average molecular weight is 494 g/mol. The highest BCUT2D eigenvalue weighted by molar-refractivity contribution is 7.87. The Morgan fingerprint density at radius 2 is 1.45 bits per heavy atom. The van der Waals surface area contributed by atoms with Gasteiger partial charge in [-0.05, 0) is 53.6 Å². The summed E-state index contributed by atoms with van der Waals surface area (Å²) in [7, 11) is -5.13. The van der Waals surface area contributed by atoms with E-state index < -0.39 is 26.2 Å². The molecule has 0 fully saturated rings. The van der Waals surface area contributed by atoms with Crippen LogP contribution in [0.15, 0.2) is 54.6 Å². The van der Waals surface area contributed by atoms with Crippen molar-refractivity contribution in [1.29, 1.82) is 0 Å². The molecule has 5 nitrogen and oxygen atoms in total. The molecule has 0 saturated heterocycles. The summed E-state index contributed by atoms with van der Waals surface area (Å²) in [6, 6.07) is 11.5. The largest absolute Gasteiger partial charge is 0.508 e. The quantitative estimate of drug-likeness (QED) is 0.311. The molecule has 0 saturated carbocycles. The number of benzene rings is 3. The van der Waals surface area contributed by atoms with Gasteiger partial charge in [-0.15, -0.1) is 0 Å². The average Bonchev–Trinajstić information content (AvgIpc) is 2.60. The number of hydrogen-bond donors (Lipinski definition) is 3. The Bertz CT molecular complexity index is 1190. The molecule has 0 radical (unpaired) electrons. The number of halogens is 4. The first kappa shape index (κ1) is 22.0. The zero-order chi connectivity index (χ0) is 21.6. The van der Waals surface area contributed by atoms with E-state index in [1.165, 1.54) is 42.5 Å². The Balaban J connectivity index is 2.65. The van der Waals surface area contributed by atoms with Crippen molar-refractivity contribution < 1.29 is 23.2 Å². The zero-order valence-electron chi connectivity index (χ0n) is 14.3. The van der Waals surface area contributed by atoms with Crippen LogP contribution in [-0.2, 0) is 14.9 Å². The van der Waals surface area contributed by atoms with E-state index in [2.05, 4.69) is 0 Å². The molecule has 0 aliphatic heterocycles. The van der Waals surface area contributed by atoms with Crippen molar-refractivity contribution in [3.05, 3.63) is 91.4 Å². The summed E-state index contributed by atoms with van der Waals surface area (Å²) in [5.74, 6) is -0.934. The molecular weight excluding hydrogens is 482 g/mol. The van der Waals surface area contributed by atoms with Crippen molar-refractivity contribution in [2.75, 3.05) is 0 Å². The number of aromatic hydroxyl groups is 2. The highest BCUT2D eigenvalue weighted by atomic mass is 35.5. The van der Waals surface area contributed by atoms with Gasteiger partial charge in [0, 0.05) is 15.6 Å². The lowest BCUT2D eigenvalue weighted by atomic mass is 9.83. The lowest BCUT2D eigenvalue weighted by molar-refractivity contribution is 0.439. The normalized spacial score (nSPS) is 13.8. The molecule has 0 aliphatic rings. The number of phenols is 2. The zero-order valence-corrected chi connectivity index (χ0v) is 18.1. The summed E-state index contributed by atoms with van der Waals surface area (Å²) >= 11 is 24.5. The summed E-state index contributed by atoms with van der Waals surface area (Å²) in [5, 5.41) is 20.4. The van der Waals surface area contributed by atoms with Gasteiger partial charge in [-0.25, -0.2) is 0 Å². The maximum absolute atomic E-state index is 13.0. The van der Waals surface area contributed by atoms with Crippen LogP contribution in [0.3, 0.4) is 0 Å². The van der Waals surface area contributed by atoms with Crippen molar-refractivity contribution in [1.82, 2.24) is 0 Å². The van der Waals surface area contributed by atoms with Crippen LogP contribution < -0.4 is 0 Å². The van der Waals surface area contributed by atoms with Crippen molar-refractivity contribution in [2.24, 2.45) is 0 Å². The molecule has 3 rings (SSSR count). The molecule has 0 aliphatic carbocycles. The number of phenolic OH excluding ortho intramolecular Hbond substituents is 2. The van der Waals surface area contributed by atoms with E-state index in [0.717, 1.165) is 12.1 Å². The smallest absolute Gasteiger partial charge is 0.283 e. The maximum Gasteiger partial charge on any atom is 0.283 e. The van der Waals surface area contributed by atoms with Crippen LogP contribution in [0.25, 0.3) is 0 Å². The summed E-state index contributed by atoms with van der Waals surface area (Å²) < 4.78 is 33.9. The number of rotatable bonds is 4. The fourth-order valence-corrected chi connectivity index (χ4v) is 5.48. The van der Waals surface area contributed by atoms with Gasteiger partial charge in [0.15, 0.2) is 4.75 Å². The standard InChI is InChI=1S/C19H12Cl4O5S/c20-12-3-1-2-10(6-12)19(29(26,27)28,11-7-13(21)9-14(24)8-11)17-16(25)5-4-15(22)18(17)23/h1-9,24-25H,(H,26,27,28). The van der Waals surface area contributed by atoms with Crippen LogP contribution in [0, 0.1) is 0 Å². The van der Waals surface area contributed by atoms with Crippen molar-refractivity contribution in [3.63, 3.8) is 0 Å². The predicted molar refractivity (Wildman–Crippen MR) is 114 cm³/mol. The minimum Gasteiger partial charge on any atom is -0.508 e. The second-order valence-corrected chi connectivity index (χ2v) is 9.34. The van der Waals surface area contributed by atoms with Crippen LogP contribution in [0.1, 0.15) is 16.7 Å². The summed E-state index contributed by atoms with van der Waals surface area (Å²) in [4.78, 5) is 0. The maximum atomic E-state index is 13.0. The number of hydrogen-bond acceptors (Lipinski definition) is 4. The van der Waals surface area contributed by atoms with E-state index in [1.807, 2.05) is 0 Å². The summed E-state index contributed by atoms with van der Waals surface area (Å²) in [6.07, 6.45) is 0. The second-order valence-electron chi connectivity index (χ2n) is 6.12. The van der Waals surface area contributed by atoms with Crippen LogP contribution in [-0.4, -0.2) is 23.2 Å². The molecule has 152 valence electrons. The van der Waals surface area contributed by atoms with Crippen LogP contribution >= 0.6 is 46.4 Å². The molecule has 1 atom stereocenters. The first-order valence-electron chi connectivity index (χ1n) is 7.89. The molecule has 3 aromatic rings. The first-order chi connectivity index (χ1) is 13.5. The Morgan fingerprint density at radius 1 is 0.793 bits per heavy atom. The molecule has 3 N–H and O–H groups in total. The van der Waals surface area contributed by atoms with E-state index in [-0.39, 0.29) is 37.0 Å². The third-order valence-electron chi connectivity index (χ3n) is 4.33. The Morgan fingerprint density at radius 3 is 2.03 bits per heavy atom. The highest BCUT2D eigenvalue weighted by Crippen LogP contribution is 2.52. The van der Waals surface area contributed by atoms with Crippen molar-refractivity contribution in [2.45, 2.75) is 4.75 Å². The van der Waals surface area contributed by atoms with Gasteiger partial charge in [0.1, 0.15) is 11.5 Å².